The first-order valence-electron chi connectivity index (χ1n) is 11.5. The third kappa shape index (κ3) is 3.06. The van der Waals surface area contributed by atoms with Crippen molar-refractivity contribution in [3.63, 3.8) is 0 Å². The summed E-state index contributed by atoms with van der Waals surface area (Å²) in [5, 5.41) is 44.4. The number of likely N-dealkylation sites (N-methyl/N-ethyl adjacent to an activating group) is 1. The quantitative estimate of drug-likeness (QED) is 0.407. The summed E-state index contributed by atoms with van der Waals surface area (Å²) in [5.74, 6) is -6.60. The van der Waals surface area contributed by atoms with Crippen molar-refractivity contribution in [3.8, 4) is 16.9 Å². The van der Waals surface area contributed by atoms with Crippen LogP contribution in [-0.4, -0.2) is 68.5 Å². The van der Waals surface area contributed by atoms with Crippen molar-refractivity contribution in [2.45, 2.75) is 24.5 Å². The van der Waals surface area contributed by atoms with Gasteiger partial charge in [0.15, 0.2) is 11.4 Å². The number of Topliss-reactive ketones (excluding diaryl/α,β-unsaturated/α-hetero) is 2. The predicted molar refractivity (Wildman–Crippen MR) is 129 cm³/mol. The topological polar surface area (TPSA) is 161 Å². The van der Waals surface area contributed by atoms with E-state index in [1.807, 2.05) is 30.3 Å². The van der Waals surface area contributed by atoms with Crippen LogP contribution >= 0.6 is 0 Å². The lowest BCUT2D eigenvalue weighted by Crippen LogP contribution is -2.63. The third-order valence-corrected chi connectivity index (χ3v) is 7.69. The van der Waals surface area contributed by atoms with Gasteiger partial charge in [-0.3, -0.25) is 19.3 Å². The van der Waals surface area contributed by atoms with Crippen LogP contribution < -0.4 is 5.73 Å². The summed E-state index contributed by atoms with van der Waals surface area (Å²) in [7, 11) is 3.19. The minimum atomic E-state index is -2.64. The standard InChI is InChI=1S/C27H26N2O7/c1-29(2)21-16-11-13-10-15-14(12-6-4-3-5-7-12)8-9-17(30)19(15)22(31)18(13)24(33)27(16,36)25(34)20(23(21)32)26(28)35/h3-9,13,16,21,30,32-33,36H,10-11H2,1-2H3,(H2,28,35)/t13-,16-,21?,27-/m0/s1. The molecule has 0 saturated heterocycles. The number of fused-ring (bicyclic) bond motifs is 3. The highest BCUT2D eigenvalue weighted by atomic mass is 16.3. The van der Waals surface area contributed by atoms with Crippen molar-refractivity contribution in [2.24, 2.45) is 17.6 Å². The van der Waals surface area contributed by atoms with Crippen molar-refractivity contribution in [2.75, 3.05) is 14.1 Å². The third-order valence-electron chi connectivity index (χ3n) is 7.69. The summed E-state index contributed by atoms with van der Waals surface area (Å²) in [4.78, 5) is 40.6. The van der Waals surface area contributed by atoms with Gasteiger partial charge in [-0.15, -0.1) is 0 Å². The molecule has 0 bridgehead atoms. The first-order chi connectivity index (χ1) is 17.0. The normalized spacial score (nSPS) is 27.6. The van der Waals surface area contributed by atoms with E-state index < -0.39 is 58.0 Å². The van der Waals surface area contributed by atoms with Gasteiger partial charge in [0, 0.05) is 11.5 Å². The van der Waals surface area contributed by atoms with Crippen molar-refractivity contribution in [3.05, 3.63) is 76.3 Å². The van der Waals surface area contributed by atoms with Gasteiger partial charge in [-0.2, -0.15) is 0 Å². The van der Waals surface area contributed by atoms with E-state index in [9.17, 15) is 34.8 Å². The van der Waals surface area contributed by atoms with Crippen LogP contribution in [0.25, 0.3) is 11.1 Å². The van der Waals surface area contributed by atoms with Gasteiger partial charge in [-0.05, 0) is 55.6 Å². The van der Waals surface area contributed by atoms with Gasteiger partial charge < -0.3 is 26.2 Å². The zero-order valence-corrected chi connectivity index (χ0v) is 19.7. The van der Waals surface area contributed by atoms with E-state index in [-0.39, 0.29) is 29.7 Å². The Morgan fingerprint density at radius 1 is 1.06 bits per heavy atom. The smallest absolute Gasteiger partial charge is 0.255 e. The predicted octanol–water partition coefficient (Wildman–Crippen LogP) is 1.79. The number of benzene rings is 2. The summed E-state index contributed by atoms with van der Waals surface area (Å²) in [6.45, 7) is 0. The van der Waals surface area contributed by atoms with E-state index in [1.54, 1.807) is 20.2 Å². The van der Waals surface area contributed by atoms with Crippen molar-refractivity contribution in [1.82, 2.24) is 4.90 Å². The number of phenolic OH excluding ortho intramolecular Hbond substituents is 1. The summed E-state index contributed by atoms with van der Waals surface area (Å²) in [6, 6.07) is 11.5. The number of primary amides is 1. The maximum atomic E-state index is 13.7. The maximum absolute atomic E-state index is 13.7. The van der Waals surface area contributed by atoms with E-state index in [4.69, 9.17) is 5.73 Å². The largest absolute Gasteiger partial charge is 0.510 e. The molecule has 2 aromatic carbocycles. The average molecular weight is 491 g/mol. The number of amides is 1. The Bertz CT molecular complexity index is 1390. The summed E-state index contributed by atoms with van der Waals surface area (Å²) >= 11 is 0. The van der Waals surface area contributed by atoms with E-state index in [2.05, 4.69) is 0 Å². The summed E-state index contributed by atoms with van der Waals surface area (Å²) in [5.41, 5.74) is 3.90. The molecule has 9 nitrogen and oxygen atoms in total. The number of ketones is 2. The van der Waals surface area contributed by atoms with Crippen LogP contribution in [0.5, 0.6) is 5.75 Å². The number of hydrogen-bond acceptors (Lipinski definition) is 8. The number of carbonyl (C=O) groups excluding carboxylic acids is 3. The molecule has 0 saturated carbocycles. The highest BCUT2D eigenvalue weighted by Gasteiger charge is 2.63. The molecule has 0 spiro atoms. The molecule has 3 aliphatic carbocycles. The molecule has 9 heteroatoms. The van der Waals surface area contributed by atoms with Gasteiger partial charge in [0.1, 0.15) is 22.8 Å². The average Bonchev–Trinajstić information content (AvgIpc) is 2.81. The second-order valence-corrected chi connectivity index (χ2v) is 9.81. The van der Waals surface area contributed by atoms with Crippen LogP contribution in [0.3, 0.4) is 0 Å². The number of nitrogens with zero attached hydrogens (tertiary/aromatic N) is 1. The highest BCUT2D eigenvalue weighted by molar-refractivity contribution is 6.24. The Balaban J connectivity index is 1.73. The summed E-state index contributed by atoms with van der Waals surface area (Å²) < 4.78 is 0. The van der Waals surface area contributed by atoms with Crippen molar-refractivity contribution < 1.29 is 34.8 Å². The number of phenols is 1. The minimum Gasteiger partial charge on any atom is -0.510 e. The number of hydrogen-bond donors (Lipinski definition) is 5. The molecule has 0 aromatic heterocycles. The Morgan fingerprint density at radius 3 is 2.33 bits per heavy atom. The molecular weight excluding hydrogens is 464 g/mol. The van der Waals surface area contributed by atoms with E-state index in [0.29, 0.717) is 5.56 Å². The minimum absolute atomic E-state index is 0.00265. The lowest BCUT2D eigenvalue weighted by molar-refractivity contribution is -0.148. The fourth-order valence-corrected chi connectivity index (χ4v) is 6.14. The Kier molecular flexibility index (Phi) is 5.31. The number of aromatic hydroxyl groups is 1. The Morgan fingerprint density at radius 2 is 1.72 bits per heavy atom. The van der Waals surface area contributed by atoms with Gasteiger partial charge in [0.05, 0.1) is 11.6 Å². The molecule has 5 rings (SSSR count). The molecular formula is C27H26N2O7. The zero-order chi connectivity index (χ0) is 26.1. The van der Waals surface area contributed by atoms with Crippen molar-refractivity contribution in [1.29, 1.82) is 0 Å². The Hall–Kier alpha value is -3.95. The number of rotatable bonds is 3. The number of aliphatic hydroxyl groups excluding tert-OH is 2. The molecule has 0 aliphatic heterocycles. The van der Waals surface area contributed by atoms with E-state index >= 15 is 0 Å². The SMILES string of the molecule is CN(C)C1C(O)=C(C(N)=O)C(=O)[C@@]2(O)C(O)=C3C(=O)c4c(O)ccc(-c5ccccc5)c4C[C@H]3C[C@@H]12. The van der Waals surface area contributed by atoms with Crippen LogP contribution in [0.15, 0.2) is 65.1 Å². The molecule has 4 atom stereocenters. The molecule has 1 amide bonds. The monoisotopic (exact) mass is 490 g/mol. The van der Waals surface area contributed by atoms with Crippen LogP contribution in [0.1, 0.15) is 22.3 Å². The molecule has 6 N–H and O–H groups in total. The molecule has 186 valence electrons. The van der Waals surface area contributed by atoms with Gasteiger partial charge in [-0.1, -0.05) is 36.4 Å². The number of aliphatic hydroxyl groups is 3. The first-order valence-corrected chi connectivity index (χ1v) is 11.5. The van der Waals surface area contributed by atoms with Crippen LogP contribution in [0.2, 0.25) is 0 Å². The molecule has 0 heterocycles. The lowest BCUT2D eigenvalue weighted by Gasteiger charge is -2.50. The molecule has 2 aromatic rings. The van der Waals surface area contributed by atoms with Gasteiger partial charge in [-0.25, -0.2) is 0 Å². The Labute approximate surface area is 206 Å². The molecule has 0 fully saturated rings. The van der Waals surface area contributed by atoms with Gasteiger partial charge in [0.25, 0.3) is 5.91 Å². The first kappa shape index (κ1) is 23.8. The summed E-state index contributed by atoms with van der Waals surface area (Å²) in [6.07, 6.45) is 0.294. The van der Waals surface area contributed by atoms with E-state index in [0.717, 1.165) is 11.1 Å². The number of nitrogens with two attached hydrogens (primary N) is 1. The molecule has 36 heavy (non-hydrogen) atoms. The second kappa shape index (κ2) is 8.04. The molecule has 0 radical (unpaired) electrons. The lowest BCUT2D eigenvalue weighted by atomic mass is 9.58. The molecule has 1 unspecified atom stereocenters. The molecule has 3 aliphatic rings. The van der Waals surface area contributed by atoms with Crippen LogP contribution in [0.4, 0.5) is 0 Å². The maximum Gasteiger partial charge on any atom is 0.255 e. The number of carbonyl (C=O) groups is 3. The second-order valence-electron chi connectivity index (χ2n) is 9.81. The number of allylic oxidation sites excluding steroid dienone is 1. The fourth-order valence-electron chi connectivity index (χ4n) is 6.14. The zero-order valence-electron chi connectivity index (χ0n) is 19.7. The van der Waals surface area contributed by atoms with Gasteiger partial charge >= 0.3 is 0 Å². The fraction of sp³-hybridized carbons (Fsp3) is 0.296. The van der Waals surface area contributed by atoms with Crippen molar-refractivity contribution >= 4 is 17.5 Å². The van der Waals surface area contributed by atoms with Crippen LogP contribution in [-0.2, 0) is 16.0 Å². The van der Waals surface area contributed by atoms with Crippen LogP contribution in [0, 0.1) is 11.8 Å². The highest BCUT2D eigenvalue weighted by Crippen LogP contribution is 2.53. The van der Waals surface area contributed by atoms with Gasteiger partial charge in [0.2, 0.25) is 5.78 Å². The van der Waals surface area contributed by atoms with E-state index in [1.165, 1.54) is 11.0 Å².